The minimum atomic E-state index is -1.13. The fraction of sp³-hybridized carbons (Fsp3) is 0.273. The summed E-state index contributed by atoms with van der Waals surface area (Å²) in [6.07, 6.45) is 3.26. The van der Waals surface area contributed by atoms with Gasteiger partial charge in [0.1, 0.15) is 17.3 Å². The first-order chi connectivity index (χ1) is 13.9. The van der Waals surface area contributed by atoms with Gasteiger partial charge in [-0.3, -0.25) is 4.79 Å². The Morgan fingerprint density at radius 1 is 1.34 bits per heavy atom. The number of carboxylic acid groups (broad SMARTS) is 1. The van der Waals surface area contributed by atoms with Gasteiger partial charge in [-0.2, -0.15) is 9.83 Å². The molecule has 29 heavy (non-hydrogen) atoms. The molecule has 0 radical (unpaired) electrons. The van der Waals surface area contributed by atoms with Crippen molar-refractivity contribution in [2.24, 2.45) is 5.92 Å². The van der Waals surface area contributed by atoms with E-state index in [9.17, 15) is 19.8 Å². The van der Waals surface area contributed by atoms with Crippen LogP contribution in [0.5, 0.6) is 0 Å². The average molecular weight is 390 g/mol. The zero-order chi connectivity index (χ0) is 20.7. The van der Waals surface area contributed by atoms with Gasteiger partial charge in [-0.25, -0.2) is 4.79 Å². The molecule has 7 heteroatoms. The highest BCUT2D eigenvalue weighted by Gasteiger charge is 2.56. The number of aliphatic hydroxyl groups excluding tert-OH is 1. The fourth-order valence-corrected chi connectivity index (χ4v) is 4.24. The monoisotopic (exact) mass is 390 g/mol. The molecule has 0 saturated carbocycles. The molecule has 4 rings (SSSR count). The molecular weight excluding hydrogens is 370 g/mol. The summed E-state index contributed by atoms with van der Waals surface area (Å²) in [7, 11) is 0. The second-order valence-electron chi connectivity index (χ2n) is 7.45. The normalized spacial score (nSPS) is 21.4. The Labute approximate surface area is 167 Å². The van der Waals surface area contributed by atoms with Crippen molar-refractivity contribution in [1.29, 1.82) is 5.26 Å². The molecule has 146 valence electrons. The highest BCUT2D eigenvalue weighted by Crippen LogP contribution is 2.46. The zero-order valence-electron chi connectivity index (χ0n) is 15.8. The number of carboxylic acids is 1. The van der Waals surface area contributed by atoms with Crippen LogP contribution in [0.25, 0.3) is 5.57 Å². The van der Waals surface area contributed by atoms with Crippen molar-refractivity contribution in [3.05, 3.63) is 71.2 Å². The number of carbonyl (C=O) groups excluding carboxylic acids is 1. The number of amides is 1. The molecular formula is C22H20N3O4+. The summed E-state index contributed by atoms with van der Waals surface area (Å²) in [6, 6.07) is 12.9. The highest BCUT2D eigenvalue weighted by atomic mass is 16.4. The van der Waals surface area contributed by atoms with E-state index in [0.29, 0.717) is 24.1 Å². The van der Waals surface area contributed by atoms with Crippen LogP contribution in [0.1, 0.15) is 30.0 Å². The van der Waals surface area contributed by atoms with E-state index in [0.717, 1.165) is 11.1 Å². The fourth-order valence-electron chi connectivity index (χ4n) is 4.24. The third-order valence-corrected chi connectivity index (χ3v) is 5.59. The van der Waals surface area contributed by atoms with Crippen molar-refractivity contribution in [1.82, 2.24) is 4.90 Å². The molecule has 0 unspecified atom stereocenters. The lowest BCUT2D eigenvalue weighted by molar-refractivity contribution is -0.688. The van der Waals surface area contributed by atoms with Crippen LogP contribution in [0.3, 0.4) is 0 Å². The maximum absolute atomic E-state index is 12.3. The Balaban J connectivity index is 1.59. The SMILES string of the molecule is C[C@@H](O)[C@H]1C(=O)N2C(C(=O)O)=C(c3ccc(C[n+]4cccc(C#N)c4)cc3)C[C@H]12. The smallest absolute Gasteiger partial charge is 0.352 e. The molecule has 1 aromatic carbocycles. The van der Waals surface area contributed by atoms with Gasteiger partial charge >= 0.3 is 5.97 Å². The van der Waals surface area contributed by atoms with Crippen molar-refractivity contribution in [2.45, 2.75) is 32.0 Å². The Morgan fingerprint density at radius 3 is 2.69 bits per heavy atom. The molecule has 3 heterocycles. The number of nitrogens with zero attached hydrogens (tertiary/aromatic N) is 3. The number of hydrogen-bond acceptors (Lipinski definition) is 4. The standard InChI is InChI=1S/C22H19N3O4/c1-13(26)19-18-9-17(20(22(28)29)25(18)21(19)27)16-6-4-14(5-7-16)11-24-8-2-3-15(10-23)12-24/h2-8,12-13,18-19,26H,9,11H2,1H3/p+1/t13-,18-,19-/m1/s1. The zero-order valence-corrected chi connectivity index (χ0v) is 15.8. The predicted molar refractivity (Wildman–Crippen MR) is 102 cm³/mol. The molecule has 0 bridgehead atoms. The Kier molecular flexibility index (Phi) is 4.65. The van der Waals surface area contributed by atoms with E-state index in [4.69, 9.17) is 5.26 Å². The van der Waals surface area contributed by atoms with Gasteiger partial charge in [0, 0.05) is 11.6 Å². The number of hydrogen-bond donors (Lipinski definition) is 2. The summed E-state index contributed by atoms with van der Waals surface area (Å²) >= 11 is 0. The number of carbonyl (C=O) groups is 2. The van der Waals surface area contributed by atoms with E-state index in [1.165, 1.54) is 4.90 Å². The van der Waals surface area contributed by atoms with Crippen molar-refractivity contribution in [3.8, 4) is 6.07 Å². The summed E-state index contributed by atoms with van der Waals surface area (Å²) in [4.78, 5) is 25.5. The lowest BCUT2D eigenvalue weighted by Gasteiger charge is -2.44. The average Bonchev–Trinajstić information content (AvgIpc) is 3.03. The van der Waals surface area contributed by atoms with E-state index in [-0.39, 0.29) is 17.6 Å². The van der Waals surface area contributed by atoms with Gasteiger partial charge in [0.25, 0.3) is 0 Å². The van der Waals surface area contributed by atoms with Crippen molar-refractivity contribution in [3.63, 3.8) is 0 Å². The molecule has 2 N–H and O–H groups in total. The van der Waals surface area contributed by atoms with E-state index in [2.05, 4.69) is 6.07 Å². The van der Waals surface area contributed by atoms with Crippen LogP contribution in [0.2, 0.25) is 0 Å². The van der Waals surface area contributed by atoms with Crippen LogP contribution in [-0.2, 0) is 16.1 Å². The summed E-state index contributed by atoms with van der Waals surface area (Å²) in [5, 5.41) is 28.5. The first kappa shape index (κ1) is 18.8. The van der Waals surface area contributed by atoms with E-state index in [1.54, 1.807) is 19.2 Å². The van der Waals surface area contributed by atoms with Crippen molar-refractivity contribution >= 4 is 17.4 Å². The molecule has 1 aromatic heterocycles. The van der Waals surface area contributed by atoms with Gasteiger partial charge in [0.05, 0.1) is 18.1 Å². The van der Waals surface area contributed by atoms with E-state index < -0.39 is 18.0 Å². The van der Waals surface area contributed by atoms with Gasteiger partial charge in [0.2, 0.25) is 5.91 Å². The minimum absolute atomic E-state index is 0.0146. The molecule has 7 nitrogen and oxygen atoms in total. The number of β-lactam (4-membered cyclic amide) rings is 1. The number of nitriles is 1. The lowest BCUT2D eigenvalue weighted by Crippen LogP contribution is -2.61. The predicted octanol–water partition coefficient (Wildman–Crippen LogP) is 1.30. The second kappa shape index (κ2) is 7.15. The summed E-state index contributed by atoms with van der Waals surface area (Å²) in [5.41, 5.74) is 2.97. The minimum Gasteiger partial charge on any atom is -0.477 e. The largest absolute Gasteiger partial charge is 0.477 e. The quantitative estimate of drug-likeness (QED) is 0.591. The number of pyridine rings is 1. The molecule has 3 atom stereocenters. The first-order valence-electron chi connectivity index (χ1n) is 9.37. The van der Waals surface area contributed by atoms with Crippen LogP contribution in [0.15, 0.2) is 54.5 Å². The number of rotatable bonds is 5. The first-order valence-corrected chi connectivity index (χ1v) is 9.37. The van der Waals surface area contributed by atoms with Crippen molar-refractivity contribution < 1.29 is 24.4 Å². The number of aliphatic hydroxyl groups is 1. The van der Waals surface area contributed by atoms with E-state index in [1.807, 2.05) is 41.1 Å². The topological polar surface area (TPSA) is 106 Å². The van der Waals surface area contributed by atoms with Gasteiger partial charge in [0.15, 0.2) is 18.9 Å². The molecule has 2 aromatic rings. The third kappa shape index (κ3) is 3.18. The van der Waals surface area contributed by atoms with Crippen molar-refractivity contribution in [2.75, 3.05) is 0 Å². The summed E-state index contributed by atoms with van der Waals surface area (Å²) in [5.74, 6) is -2.01. The number of aromatic nitrogens is 1. The molecule has 1 amide bonds. The van der Waals surface area contributed by atoms with Gasteiger partial charge in [-0.1, -0.05) is 24.3 Å². The molecule has 2 aliphatic rings. The number of benzene rings is 1. The van der Waals surface area contributed by atoms with Gasteiger partial charge in [-0.05, 0) is 30.5 Å². The molecule has 0 spiro atoms. The maximum Gasteiger partial charge on any atom is 0.352 e. The molecule has 2 aliphatic heterocycles. The van der Waals surface area contributed by atoms with Crippen LogP contribution in [0.4, 0.5) is 0 Å². The van der Waals surface area contributed by atoms with Crippen LogP contribution < -0.4 is 4.57 Å². The Bertz CT molecular complexity index is 1070. The highest BCUT2D eigenvalue weighted by molar-refractivity contribution is 6.06. The van der Waals surface area contributed by atoms with E-state index >= 15 is 0 Å². The number of fused-ring (bicyclic) bond motifs is 1. The molecule has 1 saturated heterocycles. The van der Waals surface area contributed by atoms with Crippen LogP contribution >= 0.6 is 0 Å². The van der Waals surface area contributed by atoms with Gasteiger partial charge < -0.3 is 15.1 Å². The summed E-state index contributed by atoms with van der Waals surface area (Å²) in [6.45, 7) is 2.14. The second-order valence-corrected chi connectivity index (χ2v) is 7.45. The molecule has 0 aliphatic carbocycles. The molecule has 1 fully saturated rings. The number of aliphatic carboxylic acids is 1. The lowest BCUT2D eigenvalue weighted by atomic mass is 9.82. The summed E-state index contributed by atoms with van der Waals surface area (Å²) < 4.78 is 1.91. The Hall–Kier alpha value is -3.50. The third-order valence-electron chi connectivity index (χ3n) is 5.59. The Morgan fingerprint density at radius 2 is 2.07 bits per heavy atom. The van der Waals surface area contributed by atoms with Gasteiger partial charge in [-0.15, -0.1) is 0 Å². The van der Waals surface area contributed by atoms with Crippen LogP contribution in [-0.4, -0.2) is 39.1 Å². The maximum atomic E-state index is 12.3. The van der Waals surface area contributed by atoms with Crippen LogP contribution in [0, 0.1) is 17.2 Å².